The maximum Gasteiger partial charge on any atom is 0.228 e. The minimum atomic E-state index is -0.263. The van der Waals surface area contributed by atoms with Crippen LogP contribution >= 0.6 is 0 Å². The Balaban J connectivity index is 1.18. The molecule has 5 rings (SSSR count). The quantitative estimate of drug-likeness (QED) is 0.636. The van der Waals surface area contributed by atoms with E-state index in [0.717, 1.165) is 37.9 Å². The molecule has 3 amide bonds. The van der Waals surface area contributed by atoms with Crippen LogP contribution in [-0.4, -0.2) is 85.4 Å². The molecule has 4 aliphatic heterocycles. The first-order valence-electron chi connectivity index (χ1n) is 12.5. The Bertz CT molecular complexity index is 966. The fourth-order valence-corrected chi connectivity index (χ4v) is 6.50. The second kappa shape index (κ2) is 9.47. The van der Waals surface area contributed by atoms with Crippen molar-refractivity contribution in [3.8, 4) is 11.5 Å². The predicted octanol–water partition coefficient (Wildman–Crippen LogP) is 1.95. The lowest BCUT2D eigenvalue weighted by Gasteiger charge is -2.52. The van der Waals surface area contributed by atoms with E-state index in [9.17, 15) is 14.4 Å². The number of amides is 3. The second-order valence-corrected chi connectivity index (χ2v) is 10.3. The zero-order valence-corrected chi connectivity index (χ0v) is 20.2. The molecule has 0 aliphatic carbocycles. The van der Waals surface area contributed by atoms with Crippen LogP contribution in [0.2, 0.25) is 0 Å². The summed E-state index contributed by atoms with van der Waals surface area (Å²) in [5.41, 5.74) is 1.07. The zero-order chi connectivity index (χ0) is 23.8. The predicted molar refractivity (Wildman–Crippen MR) is 125 cm³/mol. The Morgan fingerprint density at radius 1 is 1.03 bits per heavy atom. The number of hydrogen-bond acceptors (Lipinski definition) is 5. The summed E-state index contributed by atoms with van der Waals surface area (Å²) in [6.45, 7) is 3.29. The van der Waals surface area contributed by atoms with Gasteiger partial charge in [-0.05, 0) is 55.2 Å². The van der Waals surface area contributed by atoms with Gasteiger partial charge in [-0.25, -0.2) is 0 Å². The van der Waals surface area contributed by atoms with Gasteiger partial charge in [-0.2, -0.15) is 0 Å². The number of likely N-dealkylation sites (tertiary alicyclic amines) is 2. The molecule has 1 aromatic rings. The van der Waals surface area contributed by atoms with Crippen LogP contribution in [0, 0.1) is 17.8 Å². The first kappa shape index (κ1) is 23.0. The summed E-state index contributed by atoms with van der Waals surface area (Å²) in [6.07, 6.45) is 4.79. The topological polar surface area (TPSA) is 79.4 Å². The first-order chi connectivity index (χ1) is 16.5. The summed E-state index contributed by atoms with van der Waals surface area (Å²) >= 11 is 0. The SMILES string of the molecule is COc1ccc(CCN2C[C@H](C(=O)N3C[C@H]4C[C@H](C3)[C@@H]3CCCC(=O)N3C4)CC2=O)cc1OC. The number of benzene rings is 1. The minimum Gasteiger partial charge on any atom is -0.493 e. The molecule has 8 heteroatoms. The molecular formula is C26H35N3O5. The molecule has 4 atom stereocenters. The molecule has 4 heterocycles. The minimum absolute atomic E-state index is 0.0556. The zero-order valence-electron chi connectivity index (χ0n) is 20.2. The highest BCUT2D eigenvalue weighted by Gasteiger charge is 2.46. The van der Waals surface area contributed by atoms with Gasteiger partial charge < -0.3 is 24.2 Å². The molecule has 0 unspecified atom stereocenters. The van der Waals surface area contributed by atoms with E-state index in [1.165, 1.54) is 0 Å². The lowest BCUT2D eigenvalue weighted by molar-refractivity contribution is -0.150. The van der Waals surface area contributed by atoms with Crippen molar-refractivity contribution in [3.05, 3.63) is 23.8 Å². The van der Waals surface area contributed by atoms with Gasteiger partial charge in [0, 0.05) is 51.6 Å². The molecular weight excluding hydrogens is 434 g/mol. The fraction of sp³-hybridized carbons (Fsp3) is 0.654. The molecule has 0 radical (unpaired) electrons. The molecule has 1 aromatic carbocycles. The summed E-state index contributed by atoms with van der Waals surface area (Å²) in [5, 5.41) is 0. The Kier molecular flexibility index (Phi) is 6.40. The third-order valence-electron chi connectivity index (χ3n) is 8.17. The number of carbonyl (C=O) groups is 3. The molecule has 2 bridgehead atoms. The lowest BCUT2D eigenvalue weighted by Crippen LogP contribution is -2.61. The Hall–Kier alpha value is -2.77. The number of hydrogen-bond donors (Lipinski definition) is 0. The fourth-order valence-electron chi connectivity index (χ4n) is 6.50. The van der Waals surface area contributed by atoms with Crippen molar-refractivity contribution < 1.29 is 23.9 Å². The van der Waals surface area contributed by atoms with Crippen molar-refractivity contribution >= 4 is 17.7 Å². The Morgan fingerprint density at radius 2 is 1.85 bits per heavy atom. The average molecular weight is 470 g/mol. The number of nitrogens with zero attached hydrogens (tertiary/aromatic N) is 3. The van der Waals surface area contributed by atoms with Crippen LogP contribution in [-0.2, 0) is 20.8 Å². The highest BCUT2D eigenvalue weighted by atomic mass is 16.5. The highest BCUT2D eigenvalue weighted by Crippen LogP contribution is 2.38. The number of rotatable bonds is 6. The smallest absolute Gasteiger partial charge is 0.228 e. The van der Waals surface area contributed by atoms with E-state index in [1.54, 1.807) is 14.2 Å². The number of methoxy groups -OCH3 is 2. The van der Waals surface area contributed by atoms with Gasteiger partial charge in [0.2, 0.25) is 17.7 Å². The van der Waals surface area contributed by atoms with Crippen LogP contribution in [0.3, 0.4) is 0 Å². The molecule has 0 aromatic heterocycles. The van der Waals surface area contributed by atoms with Gasteiger partial charge in [0.1, 0.15) is 0 Å². The third-order valence-corrected chi connectivity index (χ3v) is 8.17. The molecule has 0 saturated carbocycles. The highest BCUT2D eigenvalue weighted by molar-refractivity contribution is 5.89. The summed E-state index contributed by atoms with van der Waals surface area (Å²) < 4.78 is 10.7. The molecule has 0 N–H and O–H groups in total. The van der Waals surface area contributed by atoms with Gasteiger partial charge in [0.25, 0.3) is 0 Å². The second-order valence-electron chi connectivity index (χ2n) is 10.3. The Labute approximate surface area is 201 Å². The van der Waals surface area contributed by atoms with Crippen molar-refractivity contribution in [2.75, 3.05) is 46.9 Å². The van der Waals surface area contributed by atoms with E-state index in [1.807, 2.05) is 28.0 Å². The van der Waals surface area contributed by atoms with E-state index in [2.05, 4.69) is 4.90 Å². The Morgan fingerprint density at radius 3 is 2.65 bits per heavy atom. The summed E-state index contributed by atoms with van der Waals surface area (Å²) in [6, 6.07) is 6.08. The van der Waals surface area contributed by atoms with Gasteiger partial charge in [0.15, 0.2) is 11.5 Å². The molecule has 4 fully saturated rings. The van der Waals surface area contributed by atoms with Crippen molar-refractivity contribution in [1.82, 2.24) is 14.7 Å². The van der Waals surface area contributed by atoms with E-state index in [-0.39, 0.29) is 29.7 Å². The normalized spacial score (nSPS) is 28.7. The van der Waals surface area contributed by atoms with Gasteiger partial charge in [-0.1, -0.05) is 6.07 Å². The first-order valence-corrected chi connectivity index (χ1v) is 12.5. The average Bonchev–Trinajstić information content (AvgIpc) is 3.23. The van der Waals surface area contributed by atoms with Crippen molar-refractivity contribution in [3.63, 3.8) is 0 Å². The summed E-state index contributed by atoms with van der Waals surface area (Å²) in [5.74, 6) is 2.29. The molecule has 34 heavy (non-hydrogen) atoms. The van der Waals surface area contributed by atoms with E-state index in [4.69, 9.17) is 9.47 Å². The van der Waals surface area contributed by atoms with E-state index in [0.29, 0.717) is 62.2 Å². The van der Waals surface area contributed by atoms with Crippen LogP contribution in [0.1, 0.15) is 37.7 Å². The van der Waals surface area contributed by atoms with Crippen LogP contribution in [0.25, 0.3) is 0 Å². The molecule has 0 spiro atoms. The maximum absolute atomic E-state index is 13.4. The molecule has 8 nitrogen and oxygen atoms in total. The number of fused-ring (bicyclic) bond motifs is 4. The maximum atomic E-state index is 13.4. The third kappa shape index (κ3) is 4.34. The van der Waals surface area contributed by atoms with E-state index >= 15 is 0 Å². The van der Waals surface area contributed by atoms with Crippen molar-refractivity contribution in [1.29, 1.82) is 0 Å². The monoisotopic (exact) mass is 469 g/mol. The molecule has 4 aliphatic rings. The van der Waals surface area contributed by atoms with Crippen LogP contribution in [0.4, 0.5) is 0 Å². The summed E-state index contributed by atoms with van der Waals surface area (Å²) in [4.78, 5) is 44.4. The standard InChI is InChI=1S/C26H35N3O5/c1-33-22-7-6-17(11-23(22)34-2)8-9-27-16-20(12-25(27)31)26(32)28-13-18-10-19(15-28)21-4-3-5-24(30)29(21)14-18/h6-7,11,18-21H,3-5,8-10,12-16H2,1-2H3/t18-,19-,20-,21+/m1/s1. The van der Waals surface area contributed by atoms with Crippen molar-refractivity contribution in [2.45, 2.75) is 44.6 Å². The van der Waals surface area contributed by atoms with Crippen LogP contribution in [0.5, 0.6) is 11.5 Å². The largest absolute Gasteiger partial charge is 0.493 e. The number of ether oxygens (including phenoxy) is 2. The summed E-state index contributed by atoms with van der Waals surface area (Å²) in [7, 11) is 3.22. The van der Waals surface area contributed by atoms with Gasteiger partial charge >= 0.3 is 0 Å². The molecule has 184 valence electrons. The number of piperidine rings is 3. The van der Waals surface area contributed by atoms with Gasteiger partial charge in [-0.3, -0.25) is 14.4 Å². The number of carbonyl (C=O) groups excluding carboxylic acids is 3. The van der Waals surface area contributed by atoms with E-state index < -0.39 is 0 Å². The molecule has 4 saturated heterocycles. The van der Waals surface area contributed by atoms with Crippen LogP contribution in [0.15, 0.2) is 18.2 Å². The van der Waals surface area contributed by atoms with Gasteiger partial charge in [0.05, 0.1) is 20.1 Å². The lowest BCUT2D eigenvalue weighted by atomic mass is 9.75. The van der Waals surface area contributed by atoms with Crippen molar-refractivity contribution in [2.24, 2.45) is 17.8 Å². The van der Waals surface area contributed by atoms with Crippen LogP contribution < -0.4 is 9.47 Å². The van der Waals surface area contributed by atoms with Gasteiger partial charge in [-0.15, -0.1) is 0 Å².